The van der Waals surface area contributed by atoms with Crippen molar-refractivity contribution in [3.05, 3.63) is 68.7 Å². The summed E-state index contributed by atoms with van der Waals surface area (Å²) in [4.78, 5) is 0. The minimum Gasteiger partial charge on any atom is -0.310 e. The number of hydrogen-bond acceptors (Lipinski definition) is 1. The van der Waals surface area contributed by atoms with Crippen molar-refractivity contribution >= 4 is 34.8 Å². The molecule has 0 aliphatic carbocycles. The average molecular weight is 329 g/mol. The minimum absolute atomic E-state index is 0.366. The average Bonchev–Trinajstić information content (AvgIpc) is 2.43. The Morgan fingerprint density at radius 3 is 2.20 bits per heavy atom. The molecule has 0 aliphatic heterocycles. The van der Waals surface area contributed by atoms with Crippen LogP contribution in [0.4, 0.5) is 0 Å². The number of halogens is 3. The van der Waals surface area contributed by atoms with Crippen molar-refractivity contribution in [3.63, 3.8) is 0 Å². The van der Waals surface area contributed by atoms with Crippen molar-refractivity contribution < 1.29 is 0 Å². The monoisotopic (exact) mass is 327 g/mol. The van der Waals surface area contributed by atoms with Crippen LogP contribution in [0.15, 0.2) is 42.5 Å². The summed E-state index contributed by atoms with van der Waals surface area (Å²) in [7, 11) is 0. The lowest BCUT2D eigenvalue weighted by Gasteiger charge is -2.14. The molecule has 0 spiro atoms. The third kappa shape index (κ3) is 4.68. The lowest BCUT2D eigenvalue weighted by molar-refractivity contribution is 0.545. The highest BCUT2D eigenvalue weighted by molar-refractivity contribution is 6.42. The van der Waals surface area contributed by atoms with Gasteiger partial charge in [0.2, 0.25) is 0 Å². The SMILES string of the molecule is CC(Cc1ccc(Cl)cc1)NCc1ccc(Cl)c(Cl)c1. The summed E-state index contributed by atoms with van der Waals surface area (Å²) in [6.07, 6.45) is 0.957. The molecule has 20 heavy (non-hydrogen) atoms. The highest BCUT2D eigenvalue weighted by Crippen LogP contribution is 2.22. The Morgan fingerprint density at radius 1 is 0.900 bits per heavy atom. The molecule has 0 aromatic heterocycles. The molecule has 0 radical (unpaired) electrons. The second-order valence-corrected chi connectivity index (χ2v) is 6.11. The standard InChI is InChI=1S/C16H16Cl3N/c1-11(8-12-2-5-14(17)6-3-12)20-10-13-4-7-15(18)16(19)9-13/h2-7,9,11,20H,8,10H2,1H3. The topological polar surface area (TPSA) is 12.0 Å². The van der Waals surface area contributed by atoms with E-state index in [1.165, 1.54) is 5.56 Å². The van der Waals surface area contributed by atoms with Crippen molar-refractivity contribution in [1.29, 1.82) is 0 Å². The van der Waals surface area contributed by atoms with Crippen LogP contribution in [0.1, 0.15) is 18.1 Å². The zero-order valence-electron chi connectivity index (χ0n) is 11.2. The third-order valence-corrected chi connectivity index (χ3v) is 4.08. The van der Waals surface area contributed by atoms with Gasteiger partial charge in [-0.05, 0) is 48.7 Å². The van der Waals surface area contributed by atoms with Gasteiger partial charge in [-0.15, -0.1) is 0 Å². The Hall–Kier alpha value is -0.730. The van der Waals surface area contributed by atoms with E-state index in [-0.39, 0.29) is 0 Å². The van der Waals surface area contributed by atoms with Crippen molar-refractivity contribution in [2.24, 2.45) is 0 Å². The fraction of sp³-hybridized carbons (Fsp3) is 0.250. The number of rotatable bonds is 5. The zero-order chi connectivity index (χ0) is 14.5. The van der Waals surface area contributed by atoms with E-state index in [1.54, 1.807) is 0 Å². The summed E-state index contributed by atoms with van der Waals surface area (Å²) in [6.45, 7) is 2.93. The van der Waals surface area contributed by atoms with Crippen molar-refractivity contribution in [1.82, 2.24) is 5.32 Å². The highest BCUT2D eigenvalue weighted by Gasteiger charge is 2.05. The first-order valence-electron chi connectivity index (χ1n) is 6.46. The molecule has 0 saturated carbocycles. The van der Waals surface area contributed by atoms with Gasteiger partial charge < -0.3 is 5.32 Å². The molecule has 1 N–H and O–H groups in total. The molecule has 1 nitrogen and oxygen atoms in total. The summed E-state index contributed by atoms with van der Waals surface area (Å²) in [5, 5.41) is 5.42. The maximum Gasteiger partial charge on any atom is 0.0595 e. The summed E-state index contributed by atoms with van der Waals surface area (Å²) >= 11 is 17.8. The van der Waals surface area contributed by atoms with Crippen LogP contribution < -0.4 is 5.32 Å². The Balaban J connectivity index is 1.86. The Labute approximate surface area is 134 Å². The molecule has 0 amide bonds. The number of hydrogen-bond donors (Lipinski definition) is 1. The summed E-state index contributed by atoms with van der Waals surface area (Å²) < 4.78 is 0. The maximum absolute atomic E-state index is 6.00. The molecule has 0 heterocycles. The second kappa shape index (κ2) is 7.33. The first-order chi connectivity index (χ1) is 9.54. The Morgan fingerprint density at radius 2 is 1.55 bits per heavy atom. The van der Waals surface area contributed by atoms with E-state index >= 15 is 0 Å². The normalized spacial score (nSPS) is 12.4. The Kier molecular flexibility index (Phi) is 5.74. The lowest BCUT2D eigenvalue weighted by atomic mass is 10.1. The highest BCUT2D eigenvalue weighted by atomic mass is 35.5. The molecule has 106 valence electrons. The predicted molar refractivity (Wildman–Crippen MR) is 87.9 cm³/mol. The van der Waals surface area contributed by atoms with Gasteiger partial charge in [-0.1, -0.05) is 53.0 Å². The molecule has 2 aromatic rings. The van der Waals surface area contributed by atoms with Gasteiger partial charge in [0.1, 0.15) is 0 Å². The fourth-order valence-corrected chi connectivity index (χ4v) is 2.43. The van der Waals surface area contributed by atoms with Crippen LogP contribution in [-0.4, -0.2) is 6.04 Å². The maximum atomic E-state index is 6.00. The van der Waals surface area contributed by atoms with Gasteiger partial charge in [0.05, 0.1) is 10.0 Å². The van der Waals surface area contributed by atoms with E-state index in [0.717, 1.165) is 23.6 Å². The van der Waals surface area contributed by atoms with Crippen molar-refractivity contribution in [2.75, 3.05) is 0 Å². The van der Waals surface area contributed by atoms with Crippen LogP contribution in [0.2, 0.25) is 15.1 Å². The molecular formula is C16H16Cl3N. The molecule has 0 aliphatic rings. The van der Waals surface area contributed by atoms with Gasteiger partial charge >= 0.3 is 0 Å². The smallest absolute Gasteiger partial charge is 0.0595 e. The largest absolute Gasteiger partial charge is 0.310 e. The van der Waals surface area contributed by atoms with Crippen molar-refractivity contribution in [3.8, 4) is 0 Å². The van der Waals surface area contributed by atoms with Crippen LogP contribution in [0.3, 0.4) is 0 Å². The van der Waals surface area contributed by atoms with Gasteiger partial charge in [-0.2, -0.15) is 0 Å². The van der Waals surface area contributed by atoms with Crippen LogP contribution in [0, 0.1) is 0 Å². The quantitative estimate of drug-likeness (QED) is 0.778. The van der Waals surface area contributed by atoms with Gasteiger partial charge in [-0.25, -0.2) is 0 Å². The van der Waals surface area contributed by atoms with E-state index in [0.29, 0.717) is 16.1 Å². The van der Waals surface area contributed by atoms with E-state index in [1.807, 2.05) is 30.3 Å². The predicted octanol–water partition coefficient (Wildman–Crippen LogP) is 5.37. The van der Waals surface area contributed by atoms with Crippen LogP contribution >= 0.6 is 34.8 Å². The van der Waals surface area contributed by atoms with E-state index in [4.69, 9.17) is 34.8 Å². The number of nitrogens with one attached hydrogen (secondary N) is 1. The first-order valence-corrected chi connectivity index (χ1v) is 7.60. The molecule has 1 atom stereocenters. The molecule has 1 unspecified atom stereocenters. The Bertz CT molecular complexity index is 566. The molecule has 0 fully saturated rings. The van der Waals surface area contributed by atoms with Gasteiger partial charge in [0.15, 0.2) is 0 Å². The van der Waals surface area contributed by atoms with Crippen molar-refractivity contribution in [2.45, 2.75) is 25.9 Å². The first kappa shape index (κ1) is 15.7. The van der Waals surface area contributed by atoms with E-state index in [9.17, 15) is 0 Å². The van der Waals surface area contributed by atoms with Gasteiger partial charge in [-0.3, -0.25) is 0 Å². The van der Waals surface area contributed by atoms with Crippen LogP contribution in [0.25, 0.3) is 0 Å². The molecule has 2 rings (SSSR count). The van der Waals surface area contributed by atoms with E-state index in [2.05, 4.69) is 24.4 Å². The molecule has 2 aromatic carbocycles. The molecule has 0 bridgehead atoms. The van der Waals surface area contributed by atoms with Gasteiger partial charge in [0, 0.05) is 17.6 Å². The van der Waals surface area contributed by atoms with E-state index < -0.39 is 0 Å². The zero-order valence-corrected chi connectivity index (χ0v) is 13.4. The third-order valence-electron chi connectivity index (χ3n) is 3.09. The minimum atomic E-state index is 0.366. The van der Waals surface area contributed by atoms with Crippen LogP contribution in [-0.2, 0) is 13.0 Å². The molecule has 4 heteroatoms. The molecule has 0 saturated heterocycles. The van der Waals surface area contributed by atoms with Gasteiger partial charge in [0.25, 0.3) is 0 Å². The second-order valence-electron chi connectivity index (χ2n) is 4.86. The number of benzene rings is 2. The molecular weight excluding hydrogens is 313 g/mol. The summed E-state index contributed by atoms with van der Waals surface area (Å²) in [5.74, 6) is 0. The fourth-order valence-electron chi connectivity index (χ4n) is 1.99. The lowest BCUT2D eigenvalue weighted by Crippen LogP contribution is -2.27. The van der Waals surface area contributed by atoms with Crippen LogP contribution in [0.5, 0.6) is 0 Å². The summed E-state index contributed by atoms with van der Waals surface area (Å²) in [5.41, 5.74) is 2.39. The summed E-state index contributed by atoms with van der Waals surface area (Å²) in [6, 6.07) is 14.0.